The molecule has 0 unspecified atom stereocenters. The Morgan fingerprint density at radius 2 is 1.89 bits per heavy atom. The molecule has 3 aromatic rings. The van der Waals surface area contributed by atoms with Crippen LogP contribution >= 0.6 is 0 Å². The molecule has 0 bridgehead atoms. The molecule has 0 aliphatic rings. The molecule has 0 amide bonds. The van der Waals surface area contributed by atoms with Gasteiger partial charge in [-0.15, -0.1) is 0 Å². The summed E-state index contributed by atoms with van der Waals surface area (Å²) in [6.07, 6.45) is 0.574. The molecule has 8 nitrogen and oxygen atoms in total. The molecule has 0 fully saturated rings. The first-order valence-electron chi connectivity index (χ1n) is 8.60. The van der Waals surface area contributed by atoms with Gasteiger partial charge in [0, 0.05) is 20.5 Å². The molecule has 1 heterocycles. The van der Waals surface area contributed by atoms with Crippen molar-refractivity contribution in [2.75, 3.05) is 26.5 Å². The molecule has 2 aromatic carbocycles. The number of nitrogens with zero attached hydrogens (tertiary/aromatic N) is 3. The Labute approximate surface area is 164 Å². The maximum absolute atomic E-state index is 12.4. The normalized spacial score (nSPS) is 11.6. The minimum absolute atomic E-state index is 0.163. The zero-order valence-corrected chi connectivity index (χ0v) is 16.7. The summed E-state index contributed by atoms with van der Waals surface area (Å²) in [6.45, 7) is 0.240. The number of rotatable bonds is 8. The molecule has 0 saturated carbocycles. The highest BCUT2D eigenvalue weighted by Gasteiger charge is 2.19. The summed E-state index contributed by atoms with van der Waals surface area (Å²) in [7, 11) is 0.939. The molecule has 148 valence electrons. The van der Waals surface area contributed by atoms with Crippen LogP contribution in [-0.2, 0) is 23.0 Å². The van der Waals surface area contributed by atoms with E-state index < -0.39 is 10.0 Å². The van der Waals surface area contributed by atoms with Crippen molar-refractivity contribution >= 4 is 15.7 Å². The van der Waals surface area contributed by atoms with Crippen LogP contribution in [0.1, 0.15) is 17.3 Å². The van der Waals surface area contributed by atoms with Gasteiger partial charge in [0.25, 0.3) is 0 Å². The molecule has 9 heteroatoms. The van der Waals surface area contributed by atoms with Crippen molar-refractivity contribution in [2.24, 2.45) is 0 Å². The van der Waals surface area contributed by atoms with Gasteiger partial charge < -0.3 is 14.6 Å². The van der Waals surface area contributed by atoms with Crippen molar-refractivity contribution in [3.05, 3.63) is 65.8 Å². The minimum atomic E-state index is -3.55. The van der Waals surface area contributed by atoms with E-state index in [4.69, 9.17) is 9.26 Å². The standard InChI is InChI=1S/C19H22N4O4S/c1-23(2)28(24,25)15-9-10-17(26-3)16(12-15)20-13-19-21-18(22-27-19)11-14-7-5-4-6-8-14/h4-10,12,20H,11,13H2,1-3H3. The number of methoxy groups -OCH3 is 1. The third-order valence-electron chi connectivity index (χ3n) is 4.09. The molecule has 1 aromatic heterocycles. The topological polar surface area (TPSA) is 97.6 Å². The summed E-state index contributed by atoms with van der Waals surface area (Å²) in [5.41, 5.74) is 1.61. The average Bonchev–Trinajstić information content (AvgIpc) is 3.14. The van der Waals surface area contributed by atoms with Crippen molar-refractivity contribution < 1.29 is 17.7 Å². The number of ether oxygens (including phenoxy) is 1. The first-order chi connectivity index (χ1) is 13.4. The highest BCUT2D eigenvalue weighted by molar-refractivity contribution is 7.89. The molecule has 1 N–H and O–H groups in total. The van der Waals surface area contributed by atoms with E-state index in [0.29, 0.717) is 29.6 Å². The Kier molecular flexibility index (Phi) is 5.96. The summed E-state index contributed by atoms with van der Waals surface area (Å²) >= 11 is 0. The van der Waals surface area contributed by atoms with Crippen molar-refractivity contribution in [1.82, 2.24) is 14.4 Å². The van der Waals surface area contributed by atoms with Gasteiger partial charge in [0.05, 0.1) is 24.2 Å². The van der Waals surface area contributed by atoms with E-state index in [1.165, 1.54) is 33.3 Å². The molecule has 3 rings (SSSR count). The molecule has 0 spiro atoms. The molecule has 0 aliphatic heterocycles. The van der Waals surface area contributed by atoms with Gasteiger partial charge in [-0.2, -0.15) is 4.98 Å². The number of anilines is 1. The lowest BCUT2D eigenvalue weighted by atomic mass is 10.1. The molecule has 28 heavy (non-hydrogen) atoms. The molecule has 0 saturated heterocycles. The van der Waals surface area contributed by atoms with E-state index in [0.717, 1.165) is 9.87 Å². The van der Waals surface area contributed by atoms with Crippen LogP contribution in [0.4, 0.5) is 5.69 Å². The summed E-state index contributed by atoms with van der Waals surface area (Å²) < 4.78 is 36.4. The number of sulfonamides is 1. The Hall–Kier alpha value is -2.91. The summed E-state index contributed by atoms with van der Waals surface area (Å²) in [4.78, 5) is 4.53. The van der Waals surface area contributed by atoms with Crippen LogP contribution in [0.2, 0.25) is 0 Å². The lowest BCUT2D eigenvalue weighted by Crippen LogP contribution is -2.22. The van der Waals surface area contributed by atoms with Crippen molar-refractivity contribution in [3.63, 3.8) is 0 Å². The Morgan fingerprint density at radius 3 is 2.57 bits per heavy atom. The number of hydrogen-bond donors (Lipinski definition) is 1. The van der Waals surface area contributed by atoms with E-state index >= 15 is 0 Å². The van der Waals surface area contributed by atoms with E-state index in [-0.39, 0.29) is 11.4 Å². The van der Waals surface area contributed by atoms with Crippen LogP contribution in [0.25, 0.3) is 0 Å². The summed E-state index contributed by atoms with van der Waals surface area (Å²) in [6, 6.07) is 14.5. The van der Waals surface area contributed by atoms with Crippen LogP contribution < -0.4 is 10.1 Å². The fourth-order valence-corrected chi connectivity index (χ4v) is 3.51. The number of aromatic nitrogens is 2. The van der Waals surface area contributed by atoms with Crippen LogP contribution in [0.3, 0.4) is 0 Å². The fraction of sp³-hybridized carbons (Fsp3) is 0.263. The molecule has 0 radical (unpaired) electrons. The predicted octanol–water partition coefficient (Wildman–Crippen LogP) is 2.53. The lowest BCUT2D eigenvalue weighted by Gasteiger charge is -2.15. The second-order valence-corrected chi connectivity index (χ2v) is 8.42. The van der Waals surface area contributed by atoms with Gasteiger partial charge in [0.2, 0.25) is 15.9 Å². The minimum Gasteiger partial charge on any atom is -0.495 e. The number of benzene rings is 2. The van der Waals surface area contributed by atoms with Crippen LogP contribution in [0.5, 0.6) is 5.75 Å². The van der Waals surface area contributed by atoms with Crippen LogP contribution in [-0.4, -0.2) is 44.1 Å². The summed E-state index contributed by atoms with van der Waals surface area (Å²) in [5.74, 6) is 1.49. The van der Waals surface area contributed by atoms with Gasteiger partial charge in [-0.05, 0) is 23.8 Å². The van der Waals surface area contributed by atoms with E-state index in [2.05, 4.69) is 15.5 Å². The Balaban J connectivity index is 1.73. The summed E-state index contributed by atoms with van der Waals surface area (Å²) in [5, 5.41) is 7.09. The van der Waals surface area contributed by atoms with Gasteiger partial charge in [-0.3, -0.25) is 0 Å². The second-order valence-electron chi connectivity index (χ2n) is 6.27. The SMILES string of the molecule is COc1ccc(S(=O)(=O)N(C)C)cc1NCc1nc(Cc2ccccc2)no1. The maximum Gasteiger partial charge on any atom is 0.245 e. The monoisotopic (exact) mass is 402 g/mol. The zero-order chi connectivity index (χ0) is 20.1. The fourth-order valence-electron chi connectivity index (χ4n) is 2.58. The highest BCUT2D eigenvalue weighted by Crippen LogP contribution is 2.28. The average molecular weight is 402 g/mol. The zero-order valence-electron chi connectivity index (χ0n) is 15.9. The van der Waals surface area contributed by atoms with Gasteiger partial charge in [-0.1, -0.05) is 35.5 Å². The quantitative estimate of drug-likeness (QED) is 0.618. The van der Waals surface area contributed by atoms with Gasteiger partial charge in [0.1, 0.15) is 5.75 Å². The van der Waals surface area contributed by atoms with E-state index in [9.17, 15) is 8.42 Å². The second kappa shape index (κ2) is 8.41. The highest BCUT2D eigenvalue weighted by atomic mass is 32.2. The maximum atomic E-state index is 12.4. The predicted molar refractivity (Wildman–Crippen MR) is 105 cm³/mol. The van der Waals surface area contributed by atoms with Gasteiger partial charge >= 0.3 is 0 Å². The van der Waals surface area contributed by atoms with Crippen molar-refractivity contribution in [1.29, 1.82) is 0 Å². The molecular formula is C19H22N4O4S. The Bertz CT molecular complexity index is 1030. The van der Waals surface area contributed by atoms with E-state index in [1.54, 1.807) is 6.07 Å². The van der Waals surface area contributed by atoms with Crippen molar-refractivity contribution in [3.8, 4) is 5.75 Å². The Morgan fingerprint density at radius 1 is 1.14 bits per heavy atom. The first kappa shape index (κ1) is 19.8. The van der Waals surface area contributed by atoms with E-state index in [1.807, 2.05) is 30.3 Å². The molecule has 0 aliphatic carbocycles. The number of nitrogens with one attached hydrogen (secondary N) is 1. The smallest absolute Gasteiger partial charge is 0.245 e. The van der Waals surface area contributed by atoms with Gasteiger partial charge in [0.15, 0.2) is 5.82 Å². The van der Waals surface area contributed by atoms with Gasteiger partial charge in [-0.25, -0.2) is 12.7 Å². The van der Waals surface area contributed by atoms with Crippen LogP contribution in [0, 0.1) is 0 Å². The third kappa shape index (κ3) is 4.49. The van der Waals surface area contributed by atoms with Crippen LogP contribution in [0.15, 0.2) is 57.9 Å². The molecule has 0 atom stereocenters. The largest absolute Gasteiger partial charge is 0.495 e. The van der Waals surface area contributed by atoms with Crippen molar-refractivity contribution in [2.45, 2.75) is 17.9 Å². The third-order valence-corrected chi connectivity index (χ3v) is 5.91. The number of hydrogen-bond acceptors (Lipinski definition) is 7. The molecular weight excluding hydrogens is 380 g/mol. The first-order valence-corrected chi connectivity index (χ1v) is 10.0. The lowest BCUT2D eigenvalue weighted by molar-refractivity contribution is 0.378.